The molecule has 0 unspecified atom stereocenters. The van der Waals surface area contributed by atoms with Crippen molar-refractivity contribution in [3.05, 3.63) is 210 Å². The molecule has 282 valence electrons. The van der Waals surface area contributed by atoms with Gasteiger partial charge in [-0.05, 0) is 57.6 Å². The average Bonchev–Trinajstić information content (AvgIpc) is 4.03. The van der Waals surface area contributed by atoms with Crippen LogP contribution in [0.4, 0.5) is 17.1 Å². The molecule has 0 saturated carbocycles. The molecule has 4 heterocycles. The molecule has 1 aliphatic rings. The summed E-state index contributed by atoms with van der Waals surface area (Å²) in [7, 11) is 0. The van der Waals surface area contributed by atoms with Crippen molar-refractivity contribution in [2.45, 2.75) is 5.41 Å². The van der Waals surface area contributed by atoms with Crippen LogP contribution in [0.15, 0.2) is 188 Å². The Labute approximate surface area is 353 Å². The van der Waals surface area contributed by atoms with Gasteiger partial charge in [-0.15, -0.1) is 0 Å². The van der Waals surface area contributed by atoms with Crippen LogP contribution in [-0.4, -0.2) is 27.5 Å². The molecule has 9 heteroatoms. The Balaban J connectivity index is 1.04. The van der Waals surface area contributed by atoms with Crippen LogP contribution in [0.2, 0.25) is 0 Å². The van der Waals surface area contributed by atoms with Gasteiger partial charge in [0.15, 0.2) is 0 Å². The summed E-state index contributed by atoms with van der Waals surface area (Å²) in [5.74, 6) is 0. The SMILES string of the molecule is c1ccc(-c2ccc(-c3nc4c5nsnc5c5nsnc5c4nc3-c3ccc(N4c5ccccc5C(c5ccccc5)(c5ccccc5)c5ccccc54)cc3)cc2)cc1. The van der Waals surface area contributed by atoms with E-state index in [2.05, 4.69) is 200 Å². The zero-order valence-corrected chi connectivity index (χ0v) is 33.5. The molecule has 0 bridgehead atoms. The molecule has 0 N–H and O–H groups in total. The summed E-state index contributed by atoms with van der Waals surface area (Å²) in [6.45, 7) is 0. The first-order valence-corrected chi connectivity index (χ1v) is 21.2. The zero-order chi connectivity index (χ0) is 39.6. The Hall–Kier alpha value is -7.46. The average molecular weight is 806 g/mol. The van der Waals surface area contributed by atoms with E-state index in [-0.39, 0.29) is 0 Å². The second kappa shape index (κ2) is 13.8. The van der Waals surface area contributed by atoms with Crippen molar-refractivity contribution in [1.29, 1.82) is 0 Å². The van der Waals surface area contributed by atoms with Crippen LogP contribution >= 0.6 is 23.5 Å². The normalized spacial score (nSPS) is 13.1. The summed E-state index contributed by atoms with van der Waals surface area (Å²) in [6, 6.07) is 67.1. The summed E-state index contributed by atoms with van der Waals surface area (Å²) in [5, 5.41) is 0. The lowest BCUT2D eigenvalue weighted by Crippen LogP contribution is -2.37. The number of benzene rings is 8. The quantitative estimate of drug-likeness (QED) is 0.166. The highest BCUT2D eigenvalue weighted by Gasteiger charge is 2.46. The Morgan fingerprint density at radius 1 is 0.333 bits per heavy atom. The standard InChI is InChI=1S/C51H31N7S2/c1-4-14-32(15-5-1)33-24-26-34(27-25-33)43-44(53-46-45(52-43)47-49(56-59-54-47)50-48(46)55-60-57-50)35-28-30-38(31-29-35)58-41-22-12-10-20-39(41)51(36-16-6-2-7-17-36,37-18-8-3-9-19-37)40-21-11-13-23-42(40)58/h1-31H. The number of para-hydroxylation sites is 2. The third-order valence-electron chi connectivity index (χ3n) is 11.7. The molecule has 11 aromatic rings. The Kier molecular flexibility index (Phi) is 7.97. The topological polar surface area (TPSA) is 80.6 Å². The largest absolute Gasteiger partial charge is 0.310 e. The number of hydrogen-bond acceptors (Lipinski definition) is 9. The maximum atomic E-state index is 5.40. The van der Waals surface area contributed by atoms with Crippen LogP contribution in [0.25, 0.3) is 66.7 Å². The molecule has 1 aliphatic heterocycles. The molecule has 0 fully saturated rings. The van der Waals surface area contributed by atoms with E-state index in [0.29, 0.717) is 33.1 Å². The second-order valence-corrected chi connectivity index (χ2v) is 15.9. The van der Waals surface area contributed by atoms with Gasteiger partial charge in [-0.1, -0.05) is 164 Å². The summed E-state index contributed by atoms with van der Waals surface area (Å²) >= 11 is 2.31. The molecule has 0 radical (unpaired) electrons. The molecular formula is C51H31N7S2. The van der Waals surface area contributed by atoms with Crippen molar-refractivity contribution in [3.63, 3.8) is 0 Å². The third kappa shape index (κ3) is 5.19. The summed E-state index contributed by atoms with van der Waals surface area (Å²) in [4.78, 5) is 13.2. The van der Waals surface area contributed by atoms with Crippen LogP contribution in [0.5, 0.6) is 0 Å². The lowest BCUT2D eigenvalue weighted by atomic mass is 9.62. The van der Waals surface area contributed by atoms with Crippen LogP contribution in [0, 0.1) is 0 Å². The minimum atomic E-state index is -0.536. The van der Waals surface area contributed by atoms with Crippen molar-refractivity contribution in [2.24, 2.45) is 0 Å². The van der Waals surface area contributed by atoms with Crippen molar-refractivity contribution >= 4 is 73.6 Å². The molecule has 0 aliphatic carbocycles. The van der Waals surface area contributed by atoms with Crippen molar-refractivity contribution in [2.75, 3.05) is 4.90 Å². The lowest BCUT2D eigenvalue weighted by molar-refractivity contribution is 0.731. The molecule has 0 atom stereocenters. The molecule has 7 nitrogen and oxygen atoms in total. The van der Waals surface area contributed by atoms with Gasteiger partial charge in [0.1, 0.15) is 33.1 Å². The smallest absolute Gasteiger partial charge is 0.136 e. The minimum Gasteiger partial charge on any atom is -0.310 e. The van der Waals surface area contributed by atoms with E-state index in [0.717, 1.165) is 74.2 Å². The van der Waals surface area contributed by atoms with E-state index in [4.69, 9.17) is 14.3 Å². The molecule has 8 aromatic carbocycles. The van der Waals surface area contributed by atoms with Crippen molar-refractivity contribution in [1.82, 2.24) is 27.5 Å². The molecule has 0 spiro atoms. The van der Waals surface area contributed by atoms with Crippen LogP contribution < -0.4 is 4.90 Å². The third-order valence-corrected chi connectivity index (χ3v) is 12.8. The van der Waals surface area contributed by atoms with Crippen LogP contribution in [0.1, 0.15) is 22.3 Å². The monoisotopic (exact) mass is 805 g/mol. The van der Waals surface area contributed by atoms with Gasteiger partial charge in [0.2, 0.25) is 0 Å². The first-order chi connectivity index (χ1) is 29.8. The van der Waals surface area contributed by atoms with Gasteiger partial charge in [0.25, 0.3) is 0 Å². The fraction of sp³-hybridized carbons (Fsp3) is 0.0196. The maximum absolute atomic E-state index is 5.40. The predicted molar refractivity (Wildman–Crippen MR) is 244 cm³/mol. The van der Waals surface area contributed by atoms with Gasteiger partial charge in [-0.3, -0.25) is 0 Å². The second-order valence-electron chi connectivity index (χ2n) is 14.9. The number of nitrogens with zero attached hydrogens (tertiary/aromatic N) is 7. The van der Waals surface area contributed by atoms with E-state index < -0.39 is 5.41 Å². The summed E-state index contributed by atoms with van der Waals surface area (Å²) in [6.07, 6.45) is 0. The molecule has 60 heavy (non-hydrogen) atoms. The number of rotatable bonds is 6. The number of fused-ring (bicyclic) bond motifs is 8. The van der Waals surface area contributed by atoms with E-state index >= 15 is 0 Å². The van der Waals surface area contributed by atoms with E-state index in [1.165, 1.54) is 22.3 Å². The minimum absolute atomic E-state index is 0.536. The Bertz CT molecular complexity index is 3280. The first kappa shape index (κ1) is 34.6. The van der Waals surface area contributed by atoms with Gasteiger partial charge in [-0.25, -0.2) is 9.97 Å². The fourth-order valence-corrected chi connectivity index (χ4v) is 10.2. The van der Waals surface area contributed by atoms with Crippen LogP contribution in [-0.2, 0) is 5.41 Å². The summed E-state index contributed by atoms with van der Waals surface area (Å²) < 4.78 is 18.6. The van der Waals surface area contributed by atoms with Gasteiger partial charge < -0.3 is 4.90 Å². The molecule has 12 rings (SSSR count). The Morgan fingerprint density at radius 2 is 0.700 bits per heavy atom. The van der Waals surface area contributed by atoms with Crippen LogP contribution in [0.3, 0.4) is 0 Å². The number of anilines is 3. The van der Waals surface area contributed by atoms with E-state index in [9.17, 15) is 0 Å². The highest BCUT2D eigenvalue weighted by atomic mass is 32.1. The lowest BCUT2D eigenvalue weighted by Gasteiger charge is -2.46. The maximum Gasteiger partial charge on any atom is 0.136 e. The zero-order valence-electron chi connectivity index (χ0n) is 31.8. The van der Waals surface area contributed by atoms with Gasteiger partial charge >= 0.3 is 0 Å². The summed E-state index contributed by atoms with van der Waals surface area (Å²) in [5.41, 5.74) is 17.5. The van der Waals surface area contributed by atoms with Crippen molar-refractivity contribution < 1.29 is 0 Å². The fourth-order valence-electron chi connectivity index (χ4n) is 9.08. The number of aromatic nitrogens is 6. The highest BCUT2D eigenvalue weighted by Crippen LogP contribution is 2.57. The Morgan fingerprint density at radius 3 is 1.18 bits per heavy atom. The molecule has 0 saturated heterocycles. The van der Waals surface area contributed by atoms with Gasteiger partial charge in [-0.2, -0.15) is 17.5 Å². The number of hydrogen-bond donors (Lipinski definition) is 0. The molecular weight excluding hydrogens is 775 g/mol. The van der Waals surface area contributed by atoms with Crippen molar-refractivity contribution in [3.8, 4) is 33.6 Å². The molecule has 3 aromatic heterocycles. The van der Waals surface area contributed by atoms with E-state index in [1.807, 2.05) is 6.07 Å². The van der Waals surface area contributed by atoms with Gasteiger partial charge in [0, 0.05) is 16.8 Å². The highest BCUT2D eigenvalue weighted by molar-refractivity contribution is 7.01. The predicted octanol–water partition coefficient (Wildman–Crippen LogP) is 12.8. The molecule has 0 amide bonds. The van der Waals surface area contributed by atoms with Gasteiger partial charge in [0.05, 0.1) is 51.6 Å². The first-order valence-electron chi connectivity index (χ1n) is 19.7. The van der Waals surface area contributed by atoms with E-state index in [1.54, 1.807) is 0 Å².